The number of carbonyl (C=O) groups excluding carboxylic acids is 1. The summed E-state index contributed by atoms with van der Waals surface area (Å²) in [5.74, 6) is -0.0120. The van der Waals surface area contributed by atoms with E-state index < -0.39 is 0 Å². The summed E-state index contributed by atoms with van der Waals surface area (Å²) in [5.41, 5.74) is 8.09. The third-order valence-corrected chi connectivity index (χ3v) is 3.84. The van der Waals surface area contributed by atoms with Gasteiger partial charge in [0.2, 0.25) is 5.91 Å². The van der Waals surface area contributed by atoms with Gasteiger partial charge in [-0.25, -0.2) is 0 Å². The minimum atomic E-state index is -0.331. The Balaban J connectivity index is 1.84. The molecule has 0 radical (unpaired) electrons. The van der Waals surface area contributed by atoms with Gasteiger partial charge in [0.15, 0.2) is 0 Å². The van der Waals surface area contributed by atoms with Gasteiger partial charge < -0.3 is 15.8 Å². The van der Waals surface area contributed by atoms with Crippen LogP contribution in [0.1, 0.15) is 30.9 Å². The third kappa shape index (κ3) is 3.81. The Morgan fingerprint density at radius 1 is 1.45 bits per heavy atom. The lowest BCUT2D eigenvalue weighted by molar-refractivity contribution is -0.132. The van der Waals surface area contributed by atoms with Gasteiger partial charge in [0.25, 0.3) is 0 Å². The number of hydrogen-bond acceptors (Lipinski definition) is 3. The molecule has 1 amide bonds. The molecule has 1 aromatic carbocycles. The van der Waals surface area contributed by atoms with Crippen LogP contribution in [0.15, 0.2) is 24.3 Å². The number of amides is 1. The van der Waals surface area contributed by atoms with E-state index in [9.17, 15) is 4.79 Å². The van der Waals surface area contributed by atoms with E-state index in [-0.39, 0.29) is 24.2 Å². The first-order valence-electron chi connectivity index (χ1n) is 7.30. The molecule has 2 rings (SSSR count). The Morgan fingerprint density at radius 3 is 2.85 bits per heavy atom. The van der Waals surface area contributed by atoms with Crippen molar-refractivity contribution >= 4 is 5.91 Å². The van der Waals surface area contributed by atoms with Crippen molar-refractivity contribution in [3.63, 3.8) is 0 Å². The summed E-state index contributed by atoms with van der Waals surface area (Å²) in [6, 6.07) is 8.36. The fourth-order valence-electron chi connectivity index (χ4n) is 2.63. The number of carbonyl (C=O) groups is 1. The molecule has 1 aliphatic heterocycles. The maximum Gasteiger partial charge on any atom is 0.249 e. The quantitative estimate of drug-likeness (QED) is 0.857. The molecule has 1 saturated heterocycles. The van der Waals surface area contributed by atoms with Crippen LogP contribution >= 0.6 is 0 Å². The monoisotopic (exact) mass is 276 g/mol. The fourth-order valence-corrected chi connectivity index (χ4v) is 2.63. The Labute approximate surface area is 120 Å². The van der Waals surface area contributed by atoms with Crippen LogP contribution in [0.25, 0.3) is 0 Å². The van der Waals surface area contributed by atoms with E-state index in [4.69, 9.17) is 10.5 Å². The number of hydrogen-bond donors (Lipinski definition) is 2. The van der Waals surface area contributed by atoms with E-state index in [1.54, 1.807) is 0 Å². The highest BCUT2D eigenvalue weighted by atomic mass is 16.5. The Morgan fingerprint density at radius 2 is 2.20 bits per heavy atom. The van der Waals surface area contributed by atoms with Crippen LogP contribution in [0.3, 0.4) is 0 Å². The minimum absolute atomic E-state index is 0.0120. The highest BCUT2D eigenvalue weighted by Gasteiger charge is 2.30. The van der Waals surface area contributed by atoms with Crippen LogP contribution in [0.5, 0.6) is 0 Å². The van der Waals surface area contributed by atoms with Gasteiger partial charge in [-0.15, -0.1) is 0 Å². The van der Waals surface area contributed by atoms with E-state index in [1.165, 1.54) is 11.1 Å². The van der Waals surface area contributed by atoms with Crippen molar-refractivity contribution < 1.29 is 9.53 Å². The van der Waals surface area contributed by atoms with Crippen LogP contribution < -0.4 is 11.1 Å². The van der Waals surface area contributed by atoms with Crippen LogP contribution in [0, 0.1) is 6.92 Å². The molecule has 1 heterocycles. The topological polar surface area (TPSA) is 64.4 Å². The molecule has 1 unspecified atom stereocenters. The number of nitrogens with two attached hydrogens (primary N) is 1. The van der Waals surface area contributed by atoms with E-state index in [0.717, 1.165) is 19.3 Å². The molecule has 20 heavy (non-hydrogen) atoms. The van der Waals surface area contributed by atoms with Gasteiger partial charge in [0, 0.05) is 12.6 Å². The SMILES string of the molecule is Cc1ccccc1CC(C)NC(=O)[C@@H]1CC[C@H](CN)O1. The standard InChI is InChI=1S/C16H24N2O2/c1-11-5-3-4-6-13(11)9-12(2)18-16(19)15-8-7-14(10-17)20-15/h3-6,12,14-15H,7-10,17H2,1-2H3,(H,18,19)/t12?,14-,15+/m1/s1. The summed E-state index contributed by atoms with van der Waals surface area (Å²) < 4.78 is 5.61. The first-order chi connectivity index (χ1) is 9.60. The molecule has 0 bridgehead atoms. The van der Waals surface area contributed by atoms with Crippen LogP contribution in [-0.4, -0.2) is 30.7 Å². The predicted molar refractivity (Wildman–Crippen MR) is 79.4 cm³/mol. The van der Waals surface area contributed by atoms with Gasteiger partial charge in [0.1, 0.15) is 6.10 Å². The van der Waals surface area contributed by atoms with E-state index in [1.807, 2.05) is 19.1 Å². The number of benzene rings is 1. The lowest BCUT2D eigenvalue weighted by Crippen LogP contribution is -2.41. The zero-order chi connectivity index (χ0) is 14.5. The van der Waals surface area contributed by atoms with Crippen LogP contribution in [-0.2, 0) is 16.0 Å². The summed E-state index contributed by atoms with van der Waals surface area (Å²) in [4.78, 5) is 12.1. The molecule has 1 aromatic rings. The van der Waals surface area contributed by atoms with Gasteiger partial charge in [0.05, 0.1) is 6.10 Å². The Kier molecular flexibility index (Phi) is 5.15. The molecule has 0 aliphatic carbocycles. The molecule has 1 aliphatic rings. The van der Waals surface area contributed by atoms with Crippen molar-refractivity contribution in [1.29, 1.82) is 0 Å². The number of rotatable bonds is 5. The minimum Gasteiger partial charge on any atom is -0.364 e. The first-order valence-corrected chi connectivity index (χ1v) is 7.30. The fraction of sp³-hybridized carbons (Fsp3) is 0.562. The van der Waals surface area contributed by atoms with Crippen LogP contribution in [0.2, 0.25) is 0 Å². The summed E-state index contributed by atoms with van der Waals surface area (Å²) in [5, 5.41) is 3.04. The maximum atomic E-state index is 12.1. The average molecular weight is 276 g/mol. The Hall–Kier alpha value is -1.39. The van der Waals surface area contributed by atoms with Crippen LogP contribution in [0.4, 0.5) is 0 Å². The summed E-state index contributed by atoms with van der Waals surface area (Å²) >= 11 is 0. The largest absolute Gasteiger partial charge is 0.364 e. The maximum absolute atomic E-state index is 12.1. The Bertz CT molecular complexity index is 462. The summed E-state index contributed by atoms with van der Waals surface area (Å²) in [7, 11) is 0. The van der Waals surface area contributed by atoms with Gasteiger partial charge in [-0.1, -0.05) is 24.3 Å². The second-order valence-corrected chi connectivity index (χ2v) is 5.60. The molecule has 0 saturated carbocycles. The summed E-state index contributed by atoms with van der Waals surface area (Å²) in [6.45, 7) is 4.61. The predicted octanol–water partition coefficient (Wildman–Crippen LogP) is 1.55. The molecule has 3 atom stereocenters. The third-order valence-electron chi connectivity index (χ3n) is 3.84. The van der Waals surface area contributed by atoms with Gasteiger partial charge in [-0.2, -0.15) is 0 Å². The van der Waals surface area contributed by atoms with Crippen molar-refractivity contribution in [1.82, 2.24) is 5.32 Å². The number of ether oxygens (including phenoxy) is 1. The molecule has 0 spiro atoms. The molecule has 110 valence electrons. The van der Waals surface area contributed by atoms with E-state index in [0.29, 0.717) is 6.54 Å². The molecular formula is C16H24N2O2. The summed E-state index contributed by atoms with van der Waals surface area (Å²) in [6.07, 6.45) is 2.19. The van der Waals surface area contributed by atoms with Crippen molar-refractivity contribution in [3.8, 4) is 0 Å². The second kappa shape index (κ2) is 6.86. The number of nitrogens with one attached hydrogen (secondary N) is 1. The van der Waals surface area contributed by atoms with Gasteiger partial charge >= 0.3 is 0 Å². The molecule has 0 aromatic heterocycles. The molecule has 4 nitrogen and oxygen atoms in total. The van der Waals surface area contributed by atoms with Gasteiger partial charge in [-0.05, 0) is 44.2 Å². The first kappa shape index (κ1) is 15.0. The highest BCUT2D eigenvalue weighted by molar-refractivity contribution is 5.81. The van der Waals surface area contributed by atoms with E-state index in [2.05, 4.69) is 24.4 Å². The average Bonchev–Trinajstić information content (AvgIpc) is 2.90. The smallest absolute Gasteiger partial charge is 0.249 e. The molecule has 3 N–H and O–H groups in total. The lowest BCUT2D eigenvalue weighted by Gasteiger charge is -2.18. The molecule has 1 fully saturated rings. The lowest BCUT2D eigenvalue weighted by atomic mass is 10.0. The van der Waals surface area contributed by atoms with Crippen molar-refractivity contribution in [2.45, 2.75) is 51.4 Å². The van der Waals surface area contributed by atoms with Crippen molar-refractivity contribution in [2.24, 2.45) is 5.73 Å². The normalized spacial score (nSPS) is 23.6. The van der Waals surface area contributed by atoms with E-state index >= 15 is 0 Å². The highest BCUT2D eigenvalue weighted by Crippen LogP contribution is 2.19. The zero-order valence-corrected chi connectivity index (χ0v) is 12.3. The van der Waals surface area contributed by atoms with Crippen molar-refractivity contribution in [2.75, 3.05) is 6.54 Å². The molecule has 4 heteroatoms. The van der Waals surface area contributed by atoms with Gasteiger partial charge in [-0.3, -0.25) is 4.79 Å². The van der Waals surface area contributed by atoms with Crippen molar-refractivity contribution in [3.05, 3.63) is 35.4 Å². The second-order valence-electron chi connectivity index (χ2n) is 5.60. The zero-order valence-electron chi connectivity index (χ0n) is 12.3. The molecular weight excluding hydrogens is 252 g/mol. The number of aryl methyl sites for hydroxylation is 1.